The Labute approximate surface area is 168 Å². The summed E-state index contributed by atoms with van der Waals surface area (Å²) in [7, 11) is 0. The zero-order valence-corrected chi connectivity index (χ0v) is 15.7. The highest BCUT2D eigenvalue weighted by Crippen LogP contribution is 2.32. The first-order valence-corrected chi connectivity index (χ1v) is 9.14. The first kappa shape index (κ1) is 19.3. The standard InChI is InChI=1S/C18H16ClF3N6O/c19-14-9-27(15-4-1-10(8-24-15)16(23)29)5-6-28(14)17-25-12-3-2-11(18(20,21)22)7-13(12)26-17/h1-4,7-8,14H,5-6,9H2,(H2,23,29)(H,25,26). The van der Waals surface area contributed by atoms with Crippen molar-refractivity contribution >= 4 is 40.3 Å². The van der Waals surface area contributed by atoms with Crippen molar-refractivity contribution in [3.05, 3.63) is 47.7 Å². The number of aromatic amines is 1. The Morgan fingerprint density at radius 1 is 1.24 bits per heavy atom. The predicted octanol–water partition coefficient (Wildman–Crippen LogP) is 2.97. The van der Waals surface area contributed by atoms with E-state index in [-0.39, 0.29) is 0 Å². The minimum Gasteiger partial charge on any atom is -0.366 e. The van der Waals surface area contributed by atoms with Crippen molar-refractivity contribution in [1.82, 2.24) is 15.0 Å². The Kier molecular flexibility index (Phi) is 4.73. The zero-order chi connectivity index (χ0) is 20.8. The van der Waals surface area contributed by atoms with Gasteiger partial charge in [0, 0.05) is 19.3 Å². The number of H-pyrrole nitrogens is 1. The van der Waals surface area contributed by atoms with Gasteiger partial charge in [-0.1, -0.05) is 11.6 Å². The Hall–Kier alpha value is -3.01. The molecule has 0 spiro atoms. The van der Waals surface area contributed by atoms with Gasteiger partial charge in [-0.05, 0) is 30.3 Å². The van der Waals surface area contributed by atoms with E-state index in [9.17, 15) is 18.0 Å². The number of imidazole rings is 1. The van der Waals surface area contributed by atoms with E-state index >= 15 is 0 Å². The summed E-state index contributed by atoms with van der Waals surface area (Å²) < 4.78 is 38.7. The number of pyridine rings is 1. The first-order valence-electron chi connectivity index (χ1n) is 8.71. The number of nitrogens with zero attached hydrogens (tertiary/aromatic N) is 4. The van der Waals surface area contributed by atoms with E-state index < -0.39 is 23.1 Å². The van der Waals surface area contributed by atoms with Gasteiger partial charge in [0.25, 0.3) is 0 Å². The lowest BCUT2D eigenvalue weighted by atomic mass is 10.2. The molecule has 1 aromatic carbocycles. The van der Waals surface area contributed by atoms with E-state index in [1.807, 2.05) is 4.90 Å². The summed E-state index contributed by atoms with van der Waals surface area (Å²) in [6, 6.07) is 6.67. The first-order chi connectivity index (χ1) is 13.7. The normalized spacial score (nSPS) is 17.7. The topological polar surface area (TPSA) is 91.1 Å². The summed E-state index contributed by atoms with van der Waals surface area (Å²) in [5.74, 6) is 0.512. The van der Waals surface area contributed by atoms with Crippen LogP contribution in [0, 0.1) is 0 Å². The number of rotatable bonds is 3. The van der Waals surface area contributed by atoms with Crippen LogP contribution >= 0.6 is 11.6 Å². The van der Waals surface area contributed by atoms with Gasteiger partial charge in [0.15, 0.2) is 0 Å². The van der Waals surface area contributed by atoms with Crippen molar-refractivity contribution in [2.45, 2.75) is 11.7 Å². The maximum absolute atomic E-state index is 12.9. The Balaban J connectivity index is 1.52. The molecule has 2 aromatic heterocycles. The van der Waals surface area contributed by atoms with Gasteiger partial charge in [0.2, 0.25) is 11.9 Å². The number of nitrogens with one attached hydrogen (secondary N) is 1. The van der Waals surface area contributed by atoms with Crippen molar-refractivity contribution in [1.29, 1.82) is 0 Å². The Morgan fingerprint density at radius 2 is 2.03 bits per heavy atom. The zero-order valence-electron chi connectivity index (χ0n) is 14.9. The van der Waals surface area contributed by atoms with Crippen LogP contribution in [-0.4, -0.2) is 46.0 Å². The van der Waals surface area contributed by atoms with Gasteiger partial charge >= 0.3 is 6.18 Å². The van der Waals surface area contributed by atoms with E-state index in [1.165, 1.54) is 12.3 Å². The summed E-state index contributed by atoms with van der Waals surface area (Å²) >= 11 is 6.52. The Morgan fingerprint density at radius 3 is 2.66 bits per heavy atom. The molecule has 3 heterocycles. The van der Waals surface area contributed by atoms with Crippen LogP contribution in [0.4, 0.5) is 24.9 Å². The number of halogens is 4. The van der Waals surface area contributed by atoms with E-state index in [0.29, 0.717) is 48.0 Å². The molecule has 1 amide bonds. The second-order valence-electron chi connectivity index (χ2n) is 6.63. The van der Waals surface area contributed by atoms with Crippen LogP contribution in [0.3, 0.4) is 0 Å². The lowest BCUT2D eigenvalue weighted by Gasteiger charge is -2.38. The van der Waals surface area contributed by atoms with Gasteiger partial charge < -0.3 is 20.5 Å². The molecule has 1 saturated heterocycles. The van der Waals surface area contributed by atoms with Crippen LogP contribution in [0.2, 0.25) is 0 Å². The highest BCUT2D eigenvalue weighted by Gasteiger charge is 2.32. The van der Waals surface area contributed by atoms with Gasteiger partial charge in [-0.2, -0.15) is 13.2 Å². The summed E-state index contributed by atoms with van der Waals surface area (Å²) in [5.41, 5.74) is 5.04. The number of primary amides is 1. The number of hydrogen-bond acceptors (Lipinski definition) is 5. The number of fused-ring (bicyclic) bond motifs is 1. The van der Waals surface area contributed by atoms with Crippen molar-refractivity contribution in [2.75, 3.05) is 29.4 Å². The minimum atomic E-state index is -4.42. The summed E-state index contributed by atoms with van der Waals surface area (Å²) in [5, 5.41) is 0. The van der Waals surface area contributed by atoms with Crippen LogP contribution in [0.1, 0.15) is 15.9 Å². The summed E-state index contributed by atoms with van der Waals surface area (Å²) in [4.78, 5) is 26.4. The highest BCUT2D eigenvalue weighted by molar-refractivity contribution is 6.22. The molecule has 0 radical (unpaired) electrons. The van der Waals surface area contributed by atoms with Crippen LogP contribution < -0.4 is 15.5 Å². The van der Waals surface area contributed by atoms with Gasteiger partial charge in [-0.3, -0.25) is 4.79 Å². The summed E-state index contributed by atoms with van der Waals surface area (Å²) in [6.07, 6.45) is -3.01. The fraction of sp³-hybridized carbons (Fsp3) is 0.278. The quantitative estimate of drug-likeness (QED) is 0.498. The molecule has 152 valence electrons. The number of piperazine rings is 1. The molecule has 1 aliphatic heterocycles. The van der Waals surface area contributed by atoms with E-state index in [1.54, 1.807) is 17.0 Å². The lowest BCUT2D eigenvalue weighted by molar-refractivity contribution is -0.137. The fourth-order valence-electron chi connectivity index (χ4n) is 3.21. The van der Waals surface area contributed by atoms with Gasteiger partial charge in [-0.15, -0.1) is 0 Å². The third-order valence-electron chi connectivity index (χ3n) is 4.75. The molecule has 3 aromatic rings. The number of benzene rings is 1. The Bertz CT molecular complexity index is 1050. The fourth-order valence-corrected chi connectivity index (χ4v) is 3.57. The van der Waals surface area contributed by atoms with Gasteiger partial charge in [0.05, 0.1) is 28.7 Å². The maximum Gasteiger partial charge on any atom is 0.416 e. The molecule has 1 atom stereocenters. The van der Waals surface area contributed by atoms with Crippen molar-refractivity contribution in [3.8, 4) is 0 Å². The minimum absolute atomic E-state index is 0.296. The second kappa shape index (κ2) is 7.11. The number of amides is 1. The molecular weight excluding hydrogens is 409 g/mol. The third-order valence-corrected chi connectivity index (χ3v) is 5.12. The highest BCUT2D eigenvalue weighted by atomic mass is 35.5. The maximum atomic E-state index is 12.9. The van der Waals surface area contributed by atoms with E-state index in [2.05, 4.69) is 15.0 Å². The second-order valence-corrected chi connectivity index (χ2v) is 7.14. The van der Waals surface area contributed by atoms with Gasteiger partial charge in [0.1, 0.15) is 11.3 Å². The monoisotopic (exact) mass is 424 g/mol. The van der Waals surface area contributed by atoms with Crippen LogP contribution in [0.5, 0.6) is 0 Å². The molecule has 29 heavy (non-hydrogen) atoms. The number of hydrogen-bond donors (Lipinski definition) is 2. The number of nitrogens with two attached hydrogens (primary N) is 1. The number of anilines is 2. The smallest absolute Gasteiger partial charge is 0.366 e. The molecule has 1 fully saturated rings. The van der Waals surface area contributed by atoms with E-state index in [4.69, 9.17) is 17.3 Å². The molecule has 1 unspecified atom stereocenters. The molecule has 3 N–H and O–H groups in total. The molecule has 0 aliphatic carbocycles. The van der Waals surface area contributed by atoms with Crippen molar-refractivity contribution in [2.24, 2.45) is 5.73 Å². The number of carbonyl (C=O) groups is 1. The molecule has 0 saturated carbocycles. The van der Waals surface area contributed by atoms with Crippen LogP contribution in [0.25, 0.3) is 11.0 Å². The lowest BCUT2D eigenvalue weighted by Crippen LogP contribution is -2.51. The molecule has 7 nitrogen and oxygen atoms in total. The third kappa shape index (κ3) is 3.80. The molecule has 4 rings (SSSR count). The molecule has 0 bridgehead atoms. The average molecular weight is 425 g/mol. The molecule has 11 heteroatoms. The molecule has 1 aliphatic rings. The predicted molar refractivity (Wildman–Crippen MR) is 103 cm³/mol. The van der Waals surface area contributed by atoms with Gasteiger partial charge in [-0.25, -0.2) is 9.97 Å². The van der Waals surface area contributed by atoms with Crippen molar-refractivity contribution < 1.29 is 18.0 Å². The van der Waals surface area contributed by atoms with E-state index in [0.717, 1.165) is 12.1 Å². The van der Waals surface area contributed by atoms with Crippen molar-refractivity contribution in [3.63, 3.8) is 0 Å². The van der Waals surface area contributed by atoms with Crippen LogP contribution in [-0.2, 0) is 6.18 Å². The average Bonchev–Trinajstić information content (AvgIpc) is 3.10. The summed E-state index contributed by atoms with van der Waals surface area (Å²) in [6.45, 7) is 1.46. The van der Waals surface area contributed by atoms with Crippen LogP contribution in [0.15, 0.2) is 36.5 Å². The number of carbonyl (C=O) groups excluding carboxylic acids is 1. The number of alkyl halides is 4. The number of aromatic nitrogens is 3. The molecular formula is C18H16ClF3N6O. The largest absolute Gasteiger partial charge is 0.416 e. The SMILES string of the molecule is NC(=O)c1ccc(N2CCN(c3nc4ccc(C(F)(F)F)cc4[nH]3)C(Cl)C2)nc1.